The van der Waals surface area contributed by atoms with E-state index in [0.29, 0.717) is 18.8 Å². The lowest BCUT2D eigenvalue weighted by molar-refractivity contribution is 0.466. The van der Waals surface area contributed by atoms with E-state index in [1.54, 1.807) is 11.3 Å². The topological polar surface area (TPSA) is 69.5 Å². The van der Waals surface area contributed by atoms with Gasteiger partial charge in [0.05, 0.1) is 18.8 Å². The first kappa shape index (κ1) is 21.7. The molecule has 7 heteroatoms. The Morgan fingerprint density at radius 3 is 2.32 bits per heavy atom. The number of aromatic hydroxyl groups is 1. The van der Waals surface area contributed by atoms with Crippen molar-refractivity contribution in [1.29, 1.82) is 0 Å². The number of phenols is 1. The van der Waals surface area contributed by atoms with Gasteiger partial charge in [0.25, 0.3) is 0 Å². The maximum absolute atomic E-state index is 9.86. The molecule has 0 radical (unpaired) electrons. The molecule has 0 aliphatic rings. The third kappa shape index (κ3) is 6.14. The number of halogens is 1. The number of hydrogen-bond donors (Lipinski definition) is 3. The van der Waals surface area contributed by atoms with Crippen molar-refractivity contribution in [1.82, 2.24) is 15.6 Å². The number of aromatic nitrogens is 1. The van der Waals surface area contributed by atoms with E-state index in [2.05, 4.69) is 27.5 Å². The molecule has 138 valence electrons. The van der Waals surface area contributed by atoms with Crippen molar-refractivity contribution in [2.75, 3.05) is 6.54 Å². The Morgan fingerprint density at radius 1 is 1.16 bits per heavy atom. The van der Waals surface area contributed by atoms with Crippen LogP contribution in [0.3, 0.4) is 0 Å². The lowest BCUT2D eigenvalue weighted by atomic mass is 10.1. The fourth-order valence-electron chi connectivity index (χ4n) is 2.42. The van der Waals surface area contributed by atoms with Crippen molar-refractivity contribution in [3.8, 4) is 5.75 Å². The molecule has 0 saturated heterocycles. The van der Waals surface area contributed by atoms with Gasteiger partial charge in [-0.3, -0.25) is 0 Å². The highest BCUT2D eigenvalue weighted by atomic mass is 127. The summed E-state index contributed by atoms with van der Waals surface area (Å²) in [6.07, 6.45) is 0. The Morgan fingerprint density at radius 2 is 1.80 bits per heavy atom. The van der Waals surface area contributed by atoms with E-state index in [4.69, 9.17) is 0 Å². The van der Waals surface area contributed by atoms with Crippen molar-refractivity contribution in [3.63, 3.8) is 0 Å². The van der Waals surface area contributed by atoms with Gasteiger partial charge in [-0.15, -0.1) is 35.3 Å². The Labute approximate surface area is 171 Å². The molecule has 0 aliphatic carbocycles. The van der Waals surface area contributed by atoms with Gasteiger partial charge in [-0.25, -0.2) is 9.98 Å². The fourth-order valence-corrected chi connectivity index (χ4v) is 3.30. The van der Waals surface area contributed by atoms with Gasteiger partial charge < -0.3 is 15.7 Å². The summed E-state index contributed by atoms with van der Waals surface area (Å²) in [7, 11) is 0. The molecule has 0 bridgehead atoms. The minimum Gasteiger partial charge on any atom is -0.507 e. The lowest BCUT2D eigenvalue weighted by Gasteiger charge is -2.11. The average Bonchev–Trinajstić information content (AvgIpc) is 2.86. The summed E-state index contributed by atoms with van der Waals surface area (Å²) in [6.45, 7) is 12.0. The number of hydrogen-bond acceptors (Lipinski definition) is 4. The van der Waals surface area contributed by atoms with E-state index in [0.717, 1.165) is 39.9 Å². The molecule has 1 heterocycles. The molecule has 0 fully saturated rings. The summed E-state index contributed by atoms with van der Waals surface area (Å²) in [5.41, 5.74) is 3.94. The highest BCUT2D eigenvalue weighted by Gasteiger charge is 2.06. The molecule has 2 aromatic rings. The molecule has 0 saturated carbocycles. The van der Waals surface area contributed by atoms with E-state index in [-0.39, 0.29) is 24.0 Å². The molecule has 1 aromatic heterocycles. The number of nitrogens with one attached hydrogen (secondary N) is 2. The van der Waals surface area contributed by atoms with Crippen LogP contribution in [0.4, 0.5) is 0 Å². The number of thiazole rings is 1. The van der Waals surface area contributed by atoms with Crippen LogP contribution < -0.4 is 10.6 Å². The maximum Gasteiger partial charge on any atom is 0.191 e. The third-order valence-electron chi connectivity index (χ3n) is 3.79. The molecule has 2 rings (SSSR count). The van der Waals surface area contributed by atoms with Crippen molar-refractivity contribution >= 4 is 41.3 Å². The zero-order valence-electron chi connectivity index (χ0n) is 15.4. The molecular weight excluding hydrogens is 447 g/mol. The van der Waals surface area contributed by atoms with Crippen molar-refractivity contribution < 1.29 is 5.11 Å². The SMILES string of the molecule is CCNC(=NCc1cc(C)c(O)c(C)c1)NCc1nc(C)c(C)s1.I. The van der Waals surface area contributed by atoms with Gasteiger partial charge >= 0.3 is 0 Å². The Kier molecular flexibility index (Phi) is 8.64. The Hall–Kier alpha value is -1.35. The number of guanidine groups is 1. The van der Waals surface area contributed by atoms with Gasteiger partial charge in [0.15, 0.2) is 5.96 Å². The summed E-state index contributed by atoms with van der Waals surface area (Å²) >= 11 is 1.71. The monoisotopic (exact) mass is 474 g/mol. The van der Waals surface area contributed by atoms with Crippen LogP contribution in [0.5, 0.6) is 5.75 Å². The molecule has 25 heavy (non-hydrogen) atoms. The van der Waals surface area contributed by atoms with E-state index in [1.807, 2.05) is 39.8 Å². The molecule has 3 N–H and O–H groups in total. The smallest absolute Gasteiger partial charge is 0.191 e. The predicted octanol–water partition coefficient (Wildman–Crippen LogP) is 3.96. The summed E-state index contributed by atoms with van der Waals surface area (Å²) < 4.78 is 0. The highest BCUT2D eigenvalue weighted by Crippen LogP contribution is 2.23. The van der Waals surface area contributed by atoms with Gasteiger partial charge in [-0.05, 0) is 51.3 Å². The first-order valence-corrected chi connectivity index (χ1v) is 8.96. The first-order chi connectivity index (χ1) is 11.4. The lowest BCUT2D eigenvalue weighted by Crippen LogP contribution is -2.36. The van der Waals surface area contributed by atoms with Crippen LogP contribution in [-0.4, -0.2) is 22.6 Å². The van der Waals surface area contributed by atoms with Gasteiger partial charge in [0.1, 0.15) is 10.8 Å². The number of benzene rings is 1. The molecule has 0 amide bonds. The second-order valence-corrected chi connectivity index (χ2v) is 7.16. The first-order valence-electron chi connectivity index (χ1n) is 8.14. The molecule has 0 unspecified atom stereocenters. The second-order valence-electron chi connectivity index (χ2n) is 5.88. The number of aryl methyl sites for hydroxylation is 4. The van der Waals surface area contributed by atoms with E-state index in [1.165, 1.54) is 4.88 Å². The van der Waals surface area contributed by atoms with E-state index >= 15 is 0 Å². The molecule has 0 spiro atoms. The van der Waals surface area contributed by atoms with Crippen LogP contribution in [0.2, 0.25) is 0 Å². The zero-order valence-corrected chi connectivity index (χ0v) is 18.6. The van der Waals surface area contributed by atoms with Crippen LogP contribution in [0.25, 0.3) is 0 Å². The van der Waals surface area contributed by atoms with Crippen molar-refractivity contribution in [3.05, 3.63) is 44.4 Å². The maximum atomic E-state index is 9.86. The van der Waals surface area contributed by atoms with Gasteiger partial charge in [0, 0.05) is 11.4 Å². The van der Waals surface area contributed by atoms with Crippen LogP contribution in [0.1, 0.15) is 39.2 Å². The van der Waals surface area contributed by atoms with E-state index in [9.17, 15) is 5.11 Å². The highest BCUT2D eigenvalue weighted by molar-refractivity contribution is 14.0. The quantitative estimate of drug-likeness (QED) is 0.349. The minimum absolute atomic E-state index is 0. The zero-order chi connectivity index (χ0) is 17.7. The van der Waals surface area contributed by atoms with Crippen LogP contribution in [0.15, 0.2) is 17.1 Å². The minimum atomic E-state index is 0. The normalized spacial score (nSPS) is 11.2. The largest absolute Gasteiger partial charge is 0.507 e. The molecule has 0 atom stereocenters. The number of phenolic OH excluding ortho intramolecular Hbond substituents is 1. The number of nitrogens with zero attached hydrogens (tertiary/aromatic N) is 2. The summed E-state index contributed by atoms with van der Waals surface area (Å²) in [5, 5.41) is 17.5. The van der Waals surface area contributed by atoms with Crippen molar-refractivity contribution in [2.45, 2.75) is 47.7 Å². The van der Waals surface area contributed by atoms with Gasteiger partial charge in [0.2, 0.25) is 0 Å². The summed E-state index contributed by atoms with van der Waals surface area (Å²) in [5.74, 6) is 1.13. The standard InChI is InChI=1S/C18H26N4OS.HI/c1-6-19-18(21-10-16-22-13(4)14(5)24-16)20-9-15-7-11(2)17(23)12(3)8-15;/h7-8,23H,6,9-10H2,1-5H3,(H2,19,20,21);1H. The van der Waals surface area contributed by atoms with E-state index < -0.39 is 0 Å². The second kappa shape index (κ2) is 9.96. The predicted molar refractivity (Wildman–Crippen MR) is 116 cm³/mol. The van der Waals surface area contributed by atoms with Crippen LogP contribution in [-0.2, 0) is 13.1 Å². The molecule has 0 aliphatic heterocycles. The molecule has 1 aromatic carbocycles. The summed E-state index contributed by atoms with van der Waals surface area (Å²) in [4.78, 5) is 10.4. The Balaban J connectivity index is 0.00000312. The van der Waals surface area contributed by atoms with Crippen LogP contribution >= 0.6 is 35.3 Å². The fraction of sp³-hybridized carbons (Fsp3) is 0.444. The van der Waals surface area contributed by atoms with Crippen molar-refractivity contribution in [2.24, 2.45) is 4.99 Å². The van der Waals surface area contributed by atoms with Crippen LogP contribution in [0, 0.1) is 27.7 Å². The number of rotatable bonds is 5. The van der Waals surface area contributed by atoms with Gasteiger partial charge in [-0.2, -0.15) is 0 Å². The average molecular weight is 474 g/mol. The number of aliphatic imine (C=N–C) groups is 1. The van der Waals surface area contributed by atoms with Gasteiger partial charge in [-0.1, -0.05) is 12.1 Å². The third-order valence-corrected chi connectivity index (χ3v) is 4.87. The Bertz CT molecular complexity index is 700. The summed E-state index contributed by atoms with van der Waals surface area (Å²) in [6, 6.07) is 3.95. The molecule has 5 nitrogen and oxygen atoms in total. The molecular formula is C18H27IN4OS.